The van der Waals surface area contributed by atoms with Crippen molar-refractivity contribution in [2.75, 3.05) is 19.8 Å². The van der Waals surface area contributed by atoms with E-state index in [9.17, 15) is 8.78 Å². The zero-order valence-corrected chi connectivity index (χ0v) is 24.0. The van der Waals surface area contributed by atoms with Gasteiger partial charge in [0.05, 0.1) is 19.8 Å². The monoisotopic (exact) mass is 566 g/mol. The van der Waals surface area contributed by atoms with E-state index in [2.05, 4.69) is 13.5 Å². The summed E-state index contributed by atoms with van der Waals surface area (Å²) in [5, 5.41) is 0. The Morgan fingerprint density at radius 2 is 1.46 bits per heavy atom. The molecule has 41 heavy (non-hydrogen) atoms. The third-order valence-electron chi connectivity index (χ3n) is 7.59. The molecule has 0 atom stereocenters. The molecule has 0 spiro atoms. The van der Waals surface area contributed by atoms with Crippen LogP contribution in [0.5, 0.6) is 5.75 Å². The van der Waals surface area contributed by atoms with Gasteiger partial charge in [-0.25, -0.2) is 8.78 Å². The second-order valence-corrected chi connectivity index (χ2v) is 10.7. The number of hydrogen-bond donors (Lipinski definition) is 0. The lowest BCUT2D eigenvalue weighted by Crippen LogP contribution is -2.31. The first-order valence-corrected chi connectivity index (χ1v) is 14.9. The fraction of sp³-hybridized carbons (Fsp3) is 0.429. The molecule has 0 saturated carbocycles. The number of ether oxygens (including phenoxy) is 3. The van der Waals surface area contributed by atoms with Crippen molar-refractivity contribution in [3.63, 3.8) is 0 Å². The molecule has 3 nitrogen and oxygen atoms in total. The average molecular weight is 567 g/mol. The fourth-order valence-corrected chi connectivity index (χ4v) is 5.13. The van der Waals surface area contributed by atoms with Crippen molar-refractivity contribution in [3.8, 4) is 28.0 Å². The lowest BCUT2D eigenvalue weighted by molar-refractivity contribution is -0.189. The van der Waals surface area contributed by atoms with Crippen molar-refractivity contribution in [3.05, 3.63) is 90.3 Å². The number of benzene rings is 3. The number of allylic oxidation sites excluding steroid dienone is 1. The van der Waals surface area contributed by atoms with Crippen LogP contribution in [0.4, 0.5) is 13.2 Å². The summed E-state index contributed by atoms with van der Waals surface area (Å²) < 4.78 is 61.8. The maximum Gasteiger partial charge on any atom is 0.201 e. The van der Waals surface area contributed by atoms with E-state index >= 15 is 4.39 Å². The normalized spacial score (nSPS) is 17.0. The summed E-state index contributed by atoms with van der Waals surface area (Å²) in [5.41, 5.74) is 2.71. The van der Waals surface area contributed by atoms with E-state index in [-0.39, 0.29) is 29.3 Å². The lowest BCUT2D eigenvalue weighted by atomic mass is 9.95. The van der Waals surface area contributed by atoms with Crippen LogP contribution in [0.3, 0.4) is 0 Å². The van der Waals surface area contributed by atoms with Crippen molar-refractivity contribution >= 4 is 0 Å². The Hall–Kier alpha value is -3.09. The maximum atomic E-state index is 15.1. The van der Waals surface area contributed by atoms with Crippen LogP contribution in [-0.4, -0.2) is 26.1 Å². The standard InChI is InChI=1S/C35H41F3O3/c1-3-5-7-8-9-10-11-21-39-32-20-19-30(34(37)35(32)38)26-15-13-25(14-16-26)27-17-18-29(31(36)22-27)28-23-40-33(41-24-28)12-6-4-2/h4,13-20,22,28,33H,2-3,5-12,21,23-24H2,1H3. The first-order chi connectivity index (χ1) is 20.0. The van der Waals surface area contributed by atoms with Gasteiger partial charge in [-0.05, 0) is 53.3 Å². The minimum atomic E-state index is -0.977. The van der Waals surface area contributed by atoms with Crippen molar-refractivity contribution < 1.29 is 27.4 Å². The molecule has 6 heteroatoms. The molecule has 0 bridgehead atoms. The SMILES string of the molecule is C=CCCC1OCC(c2ccc(-c3ccc(-c4ccc(OCCCCCCCCC)c(F)c4F)cc3)cc2F)CO1. The van der Waals surface area contributed by atoms with Crippen LogP contribution >= 0.6 is 0 Å². The summed E-state index contributed by atoms with van der Waals surface area (Å²) >= 11 is 0. The zero-order valence-electron chi connectivity index (χ0n) is 24.0. The number of unbranched alkanes of at least 4 members (excludes halogenated alkanes) is 6. The molecule has 1 aliphatic rings. The van der Waals surface area contributed by atoms with Gasteiger partial charge in [0, 0.05) is 17.9 Å². The molecule has 0 radical (unpaired) electrons. The number of hydrogen-bond acceptors (Lipinski definition) is 3. The molecule has 3 aromatic carbocycles. The third kappa shape index (κ3) is 8.46. The van der Waals surface area contributed by atoms with Gasteiger partial charge in [-0.1, -0.05) is 87.9 Å². The van der Waals surface area contributed by atoms with E-state index in [0.717, 1.165) is 37.7 Å². The van der Waals surface area contributed by atoms with E-state index in [4.69, 9.17) is 14.2 Å². The summed E-state index contributed by atoms with van der Waals surface area (Å²) in [4.78, 5) is 0. The highest BCUT2D eigenvalue weighted by Gasteiger charge is 2.25. The topological polar surface area (TPSA) is 27.7 Å². The summed E-state index contributed by atoms with van der Waals surface area (Å²) in [5.74, 6) is -2.48. The number of rotatable bonds is 15. The van der Waals surface area contributed by atoms with Crippen LogP contribution in [0.2, 0.25) is 0 Å². The molecule has 220 valence electrons. The highest BCUT2D eigenvalue weighted by molar-refractivity contribution is 5.71. The van der Waals surface area contributed by atoms with Crippen LogP contribution in [0, 0.1) is 17.5 Å². The van der Waals surface area contributed by atoms with Gasteiger partial charge in [0.2, 0.25) is 5.82 Å². The van der Waals surface area contributed by atoms with Crippen LogP contribution < -0.4 is 4.74 Å². The second kappa shape index (κ2) is 15.8. The zero-order chi connectivity index (χ0) is 29.0. The van der Waals surface area contributed by atoms with Gasteiger partial charge >= 0.3 is 0 Å². The van der Waals surface area contributed by atoms with Gasteiger partial charge in [-0.2, -0.15) is 4.39 Å². The molecule has 0 amide bonds. The molecule has 1 heterocycles. The Morgan fingerprint density at radius 1 is 0.805 bits per heavy atom. The molecule has 0 aliphatic carbocycles. The fourth-order valence-electron chi connectivity index (χ4n) is 5.13. The van der Waals surface area contributed by atoms with E-state index in [1.807, 2.05) is 12.1 Å². The highest BCUT2D eigenvalue weighted by atomic mass is 19.2. The first-order valence-electron chi connectivity index (χ1n) is 14.9. The van der Waals surface area contributed by atoms with Gasteiger partial charge in [0.1, 0.15) is 5.82 Å². The Balaban J connectivity index is 1.34. The van der Waals surface area contributed by atoms with Crippen molar-refractivity contribution in [2.45, 2.75) is 76.9 Å². The molecule has 4 rings (SSSR count). The predicted molar refractivity (Wildman–Crippen MR) is 159 cm³/mol. The smallest absolute Gasteiger partial charge is 0.201 e. The molecule has 3 aromatic rings. The Labute approximate surface area is 242 Å². The van der Waals surface area contributed by atoms with Crippen LogP contribution in [0.15, 0.2) is 67.3 Å². The largest absolute Gasteiger partial charge is 0.490 e. The minimum Gasteiger partial charge on any atom is -0.490 e. The van der Waals surface area contributed by atoms with E-state index in [1.54, 1.807) is 30.3 Å². The molecule has 1 fully saturated rings. The van der Waals surface area contributed by atoms with Gasteiger partial charge < -0.3 is 14.2 Å². The number of halogens is 3. The Kier molecular flexibility index (Phi) is 11.9. The molecular formula is C35H41F3O3. The molecule has 0 N–H and O–H groups in total. The Bertz CT molecular complexity index is 1250. The summed E-state index contributed by atoms with van der Waals surface area (Å²) in [6.07, 6.45) is 11.0. The lowest BCUT2D eigenvalue weighted by Gasteiger charge is -2.29. The van der Waals surface area contributed by atoms with E-state index < -0.39 is 11.6 Å². The van der Waals surface area contributed by atoms with Gasteiger partial charge in [0.15, 0.2) is 17.9 Å². The van der Waals surface area contributed by atoms with Gasteiger partial charge in [0.25, 0.3) is 0 Å². The molecular weight excluding hydrogens is 525 g/mol. The van der Waals surface area contributed by atoms with Gasteiger partial charge in [-0.15, -0.1) is 6.58 Å². The van der Waals surface area contributed by atoms with E-state index in [0.29, 0.717) is 36.5 Å². The highest BCUT2D eigenvalue weighted by Crippen LogP contribution is 2.33. The Morgan fingerprint density at radius 3 is 2.15 bits per heavy atom. The summed E-state index contributed by atoms with van der Waals surface area (Å²) in [7, 11) is 0. The van der Waals surface area contributed by atoms with Crippen molar-refractivity contribution in [1.82, 2.24) is 0 Å². The molecule has 0 aromatic heterocycles. The van der Waals surface area contributed by atoms with Crippen LogP contribution in [0.1, 0.15) is 76.2 Å². The molecule has 0 unspecified atom stereocenters. The van der Waals surface area contributed by atoms with Crippen LogP contribution in [0.25, 0.3) is 22.3 Å². The van der Waals surface area contributed by atoms with Gasteiger partial charge in [-0.3, -0.25) is 0 Å². The molecule has 1 saturated heterocycles. The van der Waals surface area contributed by atoms with Crippen LogP contribution in [-0.2, 0) is 9.47 Å². The maximum absolute atomic E-state index is 15.1. The summed E-state index contributed by atoms with van der Waals surface area (Å²) in [6, 6.07) is 15.1. The van der Waals surface area contributed by atoms with Crippen molar-refractivity contribution in [2.24, 2.45) is 0 Å². The van der Waals surface area contributed by atoms with E-state index in [1.165, 1.54) is 43.9 Å². The predicted octanol–water partition coefficient (Wildman–Crippen LogP) is 9.99. The average Bonchev–Trinajstić information content (AvgIpc) is 3.00. The summed E-state index contributed by atoms with van der Waals surface area (Å²) in [6.45, 7) is 7.06. The second-order valence-electron chi connectivity index (χ2n) is 10.7. The van der Waals surface area contributed by atoms with Crippen molar-refractivity contribution in [1.29, 1.82) is 0 Å². The third-order valence-corrected chi connectivity index (χ3v) is 7.59. The first kappa shape index (κ1) is 30.9. The molecule has 1 aliphatic heterocycles. The quantitative estimate of drug-likeness (QED) is 0.135. The minimum absolute atomic E-state index is 0.0644.